The molecule has 0 fully saturated rings. The number of rotatable bonds is 5. The Kier molecular flexibility index (Phi) is 5.34. The summed E-state index contributed by atoms with van der Waals surface area (Å²) in [6, 6.07) is 11.0. The van der Waals surface area contributed by atoms with Crippen LogP contribution in [0.2, 0.25) is 10.0 Å². The average Bonchev–Trinajstić information content (AvgIpc) is 2.49. The van der Waals surface area contributed by atoms with Gasteiger partial charge in [0.25, 0.3) is 0 Å². The molecule has 1 unspecified atom stereocenters. The van der Waals surface area contributed by atoms with Crippen molar-refractivity contribution < 1.29 is 9.47 Å². The SMILES string of the molecule is CNC(c1ccc(Cl)cc1Cl)c1cc(OC)ccc1OC. The third kappa shape index (κ3) is 3.43. The summed E-state index contributed by atoms with van der Waals surface area (Å²) in [7, 11) is 5.14. The van der Waals surface area contributed by atoms with Crippen molar-refractivity contribution >= 4 is 23.2 Å². The maximum absolute atomic E-state index is 6.33. The molecule has 2 aromatic rings. The molecule has 3 nitrogen and oxygen atoms in total. The summed E-state index contributed by atoms with van der Waals surface area (Å²) in [5.74, 6) is 1.53. The molecule has 1 atom stereocenters. The standard InChI is InChI=1S/C16H17Cl2NO2/c1-19-16(12-6-4-10(17)8-14(12)18)13-9-11(20-2)5-7-15(13)21-3/h4-9,16,19H,1-3H3. The van der Waals surface area contributed by atoms with E-state index in [-0.39, 0.29) is 6.04 Å². The van der Waals surface area contributed by atoms with Crippen LogP contribution in [0, 0.1) is 0 Å². The highest BCUT2D eigenvalue weighted by Gasteiger charge is 2.20. The van der Waals surface area contributed by atoms with E-state index in [2.05, 4.69) is 5.32 Å². The van der Waals surface area contributed by atoms with Crippen molar-refractivity contribution in [2.24, 2.45) is 0 Å². The molecule has 0 aliphatic heterocycles. The van der Waals surface area contributed by atoms with E-state index in [4.69, 9.17) is 32.7 Å². The lowest BCUT2D eigenvalue weighted by Gasteiger charge is -2.21. The lowest BCUT2D eigenvalue weighted by atomic mass is 9.97. The van der Waals surface area contributed by atoms with Crippen LogP contribution in [0.5, 0.6) is 11.5 Å². The molecule has 0 amide bonds. The Bertz CT molecular complexity index is 632. The third-order valence-corrected chi connectivity index (χ3v) is 3.87. The number of benzene rings is 2. The van der Waals surface area contributed by atoms with Crippen LogP contribution in [0.25, 0.3) is 0 Å². The summed E-state index contributed by atoms with van der Waals surface area (Å²) in [6.07, 6.45) is 0. The molecule has 21 heavy (non-hydrogen) atoms. The summed E-state index contributed by atoms with van der Waals surface area (Å²) in [5.41, 5.74) is 1.87. The zero-order valence-corrected chi connectivity index (χ0v) is 13.6. The predicted molar refractivity (Wildman–Crippen MR) is 86.9 cm³/mol. The quantitative estimate of drug-likeness (QED) is 0.888. The Labute approximate surface area is 134 Å². The van der Waals surface area contributed by atoms with Gasteiger partial charge in [-0.05, 0) is 42.9 Å². The highest BCUT2D eigenvalue weighted by molar-refractivity contribution is 6.35. The van der Waals surface area contributed by atoms with Gasteiger partial charge in [-0.25, -0.2) is 0 Å². The minimum absolute atomic E-state index is 0.125. The van der Waals surface area contributed by atoms with E-state index in [1.807, 2.05) is 37.4 Å². The van der Waals surface area contributed by atoms with Gasteiger partial charge in [0.1, 0.15) is 11.5 Å². The largest absolute Gasteiger partial charge is 0.497 e. The van der Waals surface area contributed by atoms with E-state index in [0.29, 0.717) is 10.0 Å². The van der Waals surface area contributed by atoms with Crippen molar-refractivity contribution in [3.05, 3.63) is 57.6 Å². The monoisotopic (exact) mass is 325 g/mol. The number of hydrogen-bond donors (Lipinski definition) is 1. The molecule has 0 spiro atoms. The molecular weight excluding hydrogens is 309 g/mol. The normalized spacial score (nSPS) is 12.0. The van der Waals surface area contributed by atoms with Gasteiger partial charge in [-0.15, -0.1) is 0 Å². The van der Waals surface area contributed by atoms with Gasteiger partial charge in [0.2, 0.25) is 0 Å². The minimum atomic E-state index is -0.125. The predicted octanol–water partition coefficient (Wildman–Crippen LogP) is 4.32. The summed E-state index contributed by atoms with van der Waals surface area (Å²) in [5, 5.41) is 4.47. The highest BCUT2D eigenvalue weighted by Crippen LogP contribution is 2.36. The van der Waals surface area contributed by atoms with Crippen LogP contribution in [0.3, 0.4) is 0 Å². The zero-order chi connectivity index (χ0) is 15.4. The molecule has 112 valence electrons. The number of methoxy groups -OCH3 is 2. The van der Waals surface area contributed by atoms with Crippen molar-refractivity contribution in [3.8, 4) is 11.5 Å². The molecule has 0 saturated carbocycles. The van der Waals surface area contributed by atoms with Crippen LogP contribution in [0.15, 0.2) is 36.4 Å². The van der Waals surface area contributed by atoms with E-state index in [0.717, 1.165) is 22.6 Å². The molecular formula is C16H17Cl2NO2. The summed E-state index contributed by atoms with van der Waals surface area (Å²) in [4.78, 5) is 0. The molecule has 5 heteroatoms. The molecule has 2 aromatic carbocycles. The molecule has 0 saturated heterocycles. The van der Waals surface area contributed by atoms with E-state index in [1.54, 1.807) is 20.3 Å². The van der Waals surface area contributed by atoms with Crippen molar-refractivity contribution in [2.75, 3.05) is 21.3 Å². The highest BCUT2D eigenvalue weighted by atomic mass is 35.5. The summed E-state index contributed by atoms with van der Waals surface area (Å²) >= 11 is 12.3. The lowest BCUT2D eigenvalue weighted by Crippen LogP contribution is -2.19. The fourth-order valence-electron chi connectivity index (χ4n) is 2.28. The Morgan fingerprint density at radius 2 is 1.71 bits per heavy atom. The fourth-order valence-corrected chi connectivity index (χ4v) is 2.80. The maximum Gasteiger partial charge on any atom is 0.124 e. The Hall–Kier alpha value is -1.42. The smallest absolute Gasteiger partial charge is 0.124 e. The molecule has 0 bridgehead atoms. The van der Waals surface area contributed by atoms with Gasteiger partial charge in [-0.2, -0.15) is 0 Å². The van der Waals surface area contributed by atoms with Gasteiger partial charge < -0.3 is 14.8 Å². The van der Waals surface area contributed by atoms with Crippen molar-refractivity contribution in [3.63, 3.8) is 0 Å². The van der Waals surface area contributed by atoms with Crippen LogP contribution >= 0.6 is 23.2 Å². The van der Waals surface area contributed by atoms with Gasteiger partial charge in [-0.1, -0.05) is 29.3 Å². The van der Waals surface area contributed by atoms with E-state index in [1.165, 1.54) is 0 Å². The van der Waals surface area contributed by atoms with Crippen LogP contribution in [-0.2, 0) is 0 Å². The van der Waals surface area contributed by atoms with Crippen molar-refractivity contribution in [2.45, 2.75) is 6.04 Å². The summed E-state index contributed by atoms with van der Waals surface area (Å²) in [6.45, 7) is 0. The Balaban J connectivity index is 2.54. The lowest BCUT2D eigenvalue weighted by molar-refractivity contribution is 0.395. The number of halogens is 2. The first kappa shape index (κ1) is 16.0. The molecule has 0 aromatic heterocycles. The zero-order valence-electron chi connectivity index (χ0n) is 12.1. The van der Waals surface area contributed by atoms with E-state index in [9.17, 15) is 0 Å². The summed E-state index contributed by atoms with van der Waals surface area (Å²) < 4.78 is 10.7. The van der Waals surface area contributed by atoms with Crippen LogP contribution in [-0.4, -0.2) is 21.3 Å². The third-order valence-electron chi connectivity index (χ3n) is 3.31. The molecule has 0 radical (unpaired) electrons. The molecule has 0 heterocycles. The van der Waals surface area contributed by atoms with Gasteiger partial charge in [-0.3, -0.25) is 0 Å². The van der Waals surface area contributed by atoms with Crippen LogP contribution in [0.4, 0.5) is 0 Å². The molecule has 2 rings (SSSR count). The maximum atomic E-state index is 6.33. The first-order valence-electron chi connectivity index (χ1n) is 6.44. The van der Waals surface area contributed by atoms with Crippen LogP contribution < -0.4 is 14.8 Å². The fraction of sp³-hybridized carbons (Fsp3) is 0.250. The average molecular weight is 326 g/mol. The Morgan fingerprint density at radius 1 is 0.952 bits per heavy atom. The second kappa shape index (κ2) is 7.03. The first-order chi connectivity index (χ1) is 10.1. The second-order valence-corrected chi connectivity index (χ2v) is 5.34. The first-order valence-corrected chi connectivity index (χ1v) is 7.20. The van der Waals surface area contributed by atoms with Crippen molar-refractivity contribution in [1.82, 2.24) is 5.32 Å². The van der Waals surface area contributed by atoms with Crippen molar-refractivity contribution in [1.29, 1.82) is 0 Å². The van der Waals surface area contributed by atoms with E-state index >= 15 is 0 Å². The molecule has 1 N–H and O–H groups in total. The van der Waals surface area contributed by atoms with E-state index < -0.39 is 0 Å². The minimum Gasteiger partial charge on any atom is -0.497 e. The number of nitrogens with one attached hydrogen (secondary N) is 1. The number of hydrogen-bond acceptors (Lipinski definition) is 3. The van der Waals surface area contributed by atoms with Gasteiger partial charge in [0.15, 0.2) is 0 Å². The Morgan fingerprint density at radius 3 is 2.29 bits per heavy atom. The van der Waals surface area contributed by atoms with Crippen LogP contribution in [0.1, 0.15) is 17.2 Å². The topological polar surface area (TPSA) is 30.5 Å². The van der Waals surface area contributed by atoms with Gasteiger partial charge in [0, 0.05) is 15.6 Å². The molecule has 0 aliphatic rings. The molecule has 0 aliphatic carbocycles. The van der Waals surface area contributed by atoms with Gasteiger partial charge in [0.05, 0.1) is 20.3 Å². The second-order valence-electron chi connectivity index (χ2n) is 4.50. The van der Waals surface area contributed by atoms with Gasteiger partial charge >= 0.3 is 0 Å². The number of ether oxygens (including phenoxy) is 2.